The number of methoxy groups -OCH3 is 1. The highest BCUT2D eigenvalue weighted by Gasteiger charge is 2.33. The van der Waals surface area contributed by atoms with E-state index in [9.17, 15) is 18.8 Å². The number of hydrogen-bond acceptors (Lipinski definition) is 6. The second-order valence-corrected chi connectivity index (χ2v) is 10.0. The Hall–Kier alpha value is -4.38. The van der Waals surface area contributed by atoms with E-state index in [0.29, 0.717) is 54.4 Å². The van der Waals surface area contributed by atoms with Gasteiger partial charge >= 0.3 is 6.09 Å². The monoisotopic (exact) mass is 582 g/mol. The molecule has 0 radical (unpaired) electrons. The number of aromatic amines is 1. The first-order valence-corrected chi connectivity index (χ1v) is 13.5. The zero-order chi connectivity index (χ0) is 29.5. The van der Waals surface area contributed by atoms with Crippen LogP contribution in [0.25, 0.3) is 5.57 Å². The normalized spacial score (nSPS) is 20.6. The van der Waals surface area contributed by atoms with E-state index in [0.717, 1.165) is 0 Å². The number of ether oxygens (including phenoxy) is 1. The van der Waals surface area contributed by atoms with Crippen molar-refractivity contribution in [3.8, 4) is 0 Å². The predicted octanol–water partition coefficient (Wildman–Crippen LogP) is 4.61. The fraction of sp³-hybridized carbons (Fsp3) is 0.310. The maximum absolute atomic E-state index is 14.6. The summed E-state index contributed by atoms with van der Waals surface area (Å²) < 4.78 is 19.3. The number of benzene rings is 1. The maximum Gasteiger partial charge on any atom is 0.411 e. The molecule has 0 saturated carbocycles. The Labute approximate surface area is 242 Å². The topological polar surface area (TPSA) is 120 Å². The van der Waals surface area contributed by atoms with Crippen LogP contribution in [0.15, 0.2) is 66.7 Å². The summed E-state index contributed by atoms with van der Waals surface area (Å²) in [5.41, 5.74) is 2.25. The fourth-order valence-electron chi connectivity index (χ4n) is 4.66. The third-order valence-corrected chi connectivity index (χ3v) is 7.06. The Morgan fingerprint density at radius 3 is 2.85 bits per heavy atom. The number of halogens is 2. The van der Waals surface area contributed by atoms with Crippen LogP contribution in [0.2, 0.25) is 5.02 Å². The molecule has 4 rings (SSSR count). The van der Waals surface area contributed by atoms with Crippen molar-refractivity contribution in [2.75, 3.05) is 31.6 Å². The van der Waals surface area contributed by atoms with Crippen molar-refractivity contribution < 1.29 is 23.5 Å². The largest absolute Gasteiger partial charge is 0.453 e. The summed E-state index contributed by atoms with van der Waals surface area (Å²) in [6.45, 7) is 6.47. The Morgan fingerprint density at radius 2 is 2.10 bits per heavy atom. The van der Waals surface area contributed by atoms with Gasteiger partial charge in [0.05, 0.1) is 42.3 Å². The van der Waals surface area contributed by atoms with Gasteiger partial charge in [-0.05, 0) is 44.1 Å². The number of H-pyrrole nitrogens is 1. The second-order valence-electron chi connectivity index (χ2n) is 9.60. The summed E-state index contributed by atoms with van der Waals surface area (Å²) in [5, 5.41) is 5.40. The predicted molar refractivity (Wildman–Crippen MR) is 154 cm³/mol. The molecule has 3 N–H and O–H groups in total. The number of allylic oxidation sites excluding steroid dienone is 5. The molecule has 1 saturated heterocycles. The van der Waals surface area contributed by atoms with Gasteiger partial charge in [-0.15, -0.1) is 0 Å². The first-order valence-electron chi connectivity index (χ1n) is 13.1. The fourth-order valence-corrected chi connectivity index (χ4v) is 4.83. The molecule has 3 heterocycles. The minimum absolute atomic E-state index is 0.00500. The lowest BCUT2D eigenvalue weighted by atomic mass is 10.1. The number of fused-ring (bicyclic) bond motifs is 2. The van der Waals surface area contributed by atoms with Crippen LogP contribution >= 0.6 is 11.6 Å². The van der Waals surface area contributed by atoms with Gasteiger partial charge in [-0.25, -0.2) is 14.2 Å². The van der Waals surface area contributed by atoms with Crippen molar-refractivity contribution in [1.82, 2.24) is 25.5 Å². The highest BCUT2D eigenvalue weighted by molar-refractivity contribution is 6.31. The van der Waals surface area contributed by atoms with Crippen molar-refractivity contribution in [1.29, 1.82) is 0 Å². The van der Waals surface area contributed by atoms with Gasteiger partial charge in [0, 0.05) is 36.5 Å². The van der Waals surface area contributed by atoms with Crippen LogP contribution in [-0.4, -0.2) is 59.5 Å². The average molecular weight is 583 g/mol. The molecule has 1 aromatic heterocycles. The molecule has 3 amide bonds. The molecule has 2 aromatic rings. The van der Waals surface area contributed by atoms with Crippen LogP contribution in [0, 0.1) is 5.82 Å². The average Bonchev–Trinajstić information content (AvgIpc) is 3.41. The molecule has 216 valence electrons. The van der Waals surface area contributed by atoms with Gasteiger partial charge < -0.3 is 24.8 Å². The zero-order valence-corrected chi connectivity index (χ0v) is 23.6. The molecule has 1 atom stereocenters. The summed E-state index contributed by atoms with van der Waals surface area (Å²) >= 11 is 5.96. The molecule has 0 unspecified atom stereocenters. The van der Waals surface area contributed by atoms with Crippen LogP contribution in [0.3, 0.4) is 0 Å². The molecule has 2 aliphatic rings. The van der Waals surface area contributed by atoms with E-state index in [1.165, 1.54) is 13.2 Å². The van der Waals surface area contributed by atoms with Crippen molar-refractivity contribution in [2.24, 2.45) is 0 Å². The van der Waals surface area contributed by atoms with E-state index in [4.69, 9.17) is 11.6 Å². The molecule has 1 fully saturated rings. The molecular formula is C29H32ClFN6O4. The van der Waals surface area contributed by atoms with Gasteiger partial charge in [-0.2, -0.15) is 0 Å². The smallest absolute Gasteiger partial charge is 0.411 e. The zero-order valence-electron chi connectivity index (χ0n) is 22.9. The van der Waals surface area contributed by atoms with Gasteiger partial charge in [-0.3, -0.25) is 14.9 Å². The summed E-state index contributed by atoms with van der Waals surface area (Å²) in [6, 6.07) is 4.32. The maximum atomic E-state index is 14.6. The van der Waals surface area contributed by atoms with Crippen LogP contribution in [0.4, 0.5) is 14.9 Å². The Morgan fingerprint density at radius 1 is 1.29 bits per heavy atom. The number of alkyl carbamates (subject to hydrolysis) is 1. The molecule has 12 heteroatoms. The van der Waals surface area contributed by atoms with Gasteiger partial charge in [0.25, 0.3) is 0 Å². The number of imidazole rings is 1. The number of carbonyl (C=O) groups is 3. The highest BCUT2D eigenvalue weighted by atomic mass is 35.5. The highest BCUT2D eigenvalue weighted by Crippen LogP contribution is 2.31. The number of aromatic nitrogens is 2. The first kappa shape index (κ1) is 29.6. The molecule has 2 aliphatic heterocycles. The van der Waals surface area contributed by atoms with E-state index in [-0.39, 0.29) is 35.5 Å². The third kappa shape index (κ3) is 7.23. The third-order valence-electron chi connectivity index (χ3n) is 6.77. The van der Waals surface area contributed by atoms with E-state index in [1.807, 2.05) is 12.2 Å². The van der Waals surface area contributed by atoms with Crippen LogP contribution in [0.1, 0.15) is 43.7 Å². The Kier molecular flexibility index (Phi) is 9.61. The molecule has 41 heavy (non-hydrogen) atoms. The minimum atomic E-state index is -0.610. The number of anilines is 1. The van der Waals surface area contributed by atoms with Crippen molar-refractivity contribution in [2.45, 2.75) is 32.2 Å². The summed E-state index contributed by atoms with van der Waals surface area (Å²) in [6.07, 6.45) is 9.41. The Balaban J connectivity index is 1.64. The van der Waals surface area contributed by atoms with E-state index >= 15 is 0 Å². The molecular weight excluding hydrogens is 551 g/mol. The van der Waals surface area contributed by atoms with E-state index in [2.05, 4.69) is 31.9 Å². The summed E-state index contributed by atoms with van der Waals surface area (Å²) in [7, 11) is 1.27. The lowest BCUT2D eigenvalue weighted by Gasteiger charge is -2.39. The molecule has 1 aromatic carbocycles. The number of nitrogens with zero attached hydrogens (tertiary/aromatic N) is 3. The van der Waals surface area contributed by atoms with Gasteiger partial charge in [0.2, 0.25) is 11.8 Å². The van der Waals surface area contributed by atoms with Crippen molar-refractivity contribution in [3.63, 3.8) is 0 Å². The minimum Gasteiger partial charge on any atom is -0.453 e. The number of carbonyl (C=O) groups excluding carboxylic acids is 3. The molecule has 0 spiro atoms. The van der Waals surface area contributed by atoms with Gasteiger partial charge in [0.15, 0.2) is 5.82 Å². The molecule has 2 bridgehead atoms. The number of piperazine rings is 1. The van der Waals surface area contributed by atoms with E-state index < -0.39 is 18.0 Å². The summed E-state index contributed by atoms with van der Waals surface area (Å²) in [5.74, 6) is -0.377. The number of hydrogen-bond donors (Lipinski definition) is 3. The van der Waals surface area contributed by atoms with Gasteiger partial charge in [0.1, 0.15) is 5.82 Å². The lowest BCUT2D eigenvalue weighted by Crippen LogP contribution is -2.52. The van der Waals surface area contributed by atoms with Crippen LogP contribution < -0.4 is 15.5 Å². The van der Waals surface area contributed by atoms with Crippen LogP contribution in [0.5, 0.6) is 0 Å². The SMILES string of the molecule is C=C1NC(=O)CC/C=C/C[C@H](N2CCN(c3cccc(Cl)c3F)CC2=O)c2ncc([nH]2)/C1=C/C=C(\C)NC(=O)OC. The number of amides is 3. The van der Waals surface area contributed by atoms with Gasteiger partial charge in [-0.1, -0.05) is 36.4 Å². The number of nitrogens with one attached hydrogen (secondary N) is 3. The van der Waals surface area contributed by atoms with E-state index in [1.54, 1.807) is 47.2 Å². The number of rotatable bonds is 4. The lowest BCUT2D eigenvalue weighted by molar-refractivity contribution is -0.133. The quantitative estimate of drug-likeness (QED) is 0.453. The van der Waals surface area contributed by atoms with Crippen LogP contribution in [-0.2, 0) is 14.3 Å². The molecule has 0 aliphatic carbocycles. The summed E-state index contributed by atoms with van der Waals surface area (Å²) in [4.78, 5) is 48.8. The van der Waals surface area contributed by atoms with Crippen molar-refractivity contribution in [3.05, 3.63) is 89.0 Å². The second kappa shape index (κ2) is 13.3. The first-order chi connectivity index (χ1) is 19.7. The Bertz CT molecular complexity index is 1430. The van der Waals surface area contributed by atoms with Crippen molar-refractivity contribution >= 4 is 40.8 Å². The standard InChI is InChI=1S/C29H32ClFN6O4/c1-18(33-29(40)41-3)12-13-20-19(2)34-25(38)11-6-4-5-9-24(28-32-16-22(20)35-28)37-15-14-36(17-26(37)39)23-10-7-8-21(30)27(23)31/h4-5,7-8,10,12-13,16,24H,2,6,9,11,14-15,17H2,1,3H3,(H,32,35)(H,33,40)(H,34,38)/b5-4+,18-12+,20-13+/t24-/m0/s1. The molecule has 10 nitrogen and oxygen atoms in total.